The fourth-order valence-electron chi connectivity index (χ4n) is 1.83. The number of ether oxygens (including phenoxy) is 1. The summed E-state index contributed by atoms with van der Waals surface area (Å²) in [5.41, 5.74) is 0.185. The van der Waals surface area contributed by atoms with Gasteiger partial charge in [0.25, 0.3) is 5.91 Å². The summed E-state index contributed by atoms with van der Waals surface area (Å²) in [6.07, 6.45) is 0.724. The van der Waals surface area contributed by atoms with Crippen molar-refractivity contribution in [3.8, 4) is 5.75 Å². The molecule has 0 fully saturated rings. The second-order valence-corrected chi connectivity index (χ2v) is 8.14. The average Bonchev–Trinajstić information content (AvgIpc) is 3.01. The highest BCUT2D eigenvalue weighted by Crippen LogP contribution is 2.27. The van der Waals surface area contributed by atoms with Crippen molar-refractivity contribution in [2.45, 2.75) is 18.2 Å². The summed E-state index contributed by atoms with van der Waals surface area (Å²) in [6, 6.07) is 4.22. The minimum Gasteiger partial charge on any atom is -0.495 e. The van der Waals surface area contributed by atoms with Crippen molar-refractivity contribution >= 4 is 32.4 Å². The predicted octanol–water partition coefficient (Wildman–Crippen LogP) is 1.61. The van der Waals surface area contributed by atoms with Crippen LogP contribution >= 0.6 is 11.3 Å². The van der Waals surface area contributed by atoms with Crippen molar-refractivity contribution in [3.05, 3.63) is 28.8 Å². The van der Waals surface area contributed by atoms with Gasteiger partial charge in [-0.15, -0.1) is 10.2 Å². The number of sulfonamides is 1. The van der Waals surface area contributed by atoms with Crippen molar-refractivity contribution in [1.82, 2.24) is 14.5 Å². The number of carbonyl (C=O) groups excluding carboxylic acids is 1. The van der Waals surface area contributed by atoms with E-state index in [4.69, 9.17) is 4.74 Å². The Morgan fingerprint density at radius 2 is 2.04 bits per heavy atom. The number of rotatable bonds is 6. The predicted molar refractivity (Wildman–Crippen MR) is 91.1 cm³/mol. The summed E-state index contributed by atoms with van der Waals surface area (Å²) in [4.78, 5) is 12.3. The largest absolute Gasteiger partial charge is 0.495 e. The smallest absolute Gasteiger partial charge is 0.257 e. The van der Waals surface area contributed by atoms with E-state index in [1.165, 1.54) is 50.7 Å². The zero-order chi connectivity index (χ0) is 17.9. The van der Waals surface area contributed by atoms with E-state index in [9.17, 15) is 13.2 Å². The number of aromatic nitrogens is 2. The molecule has 0 atom stereocenters. The van der Waals surface area contributed by atoms with Gasteiger partial charge in [0.2, 0.25) is 15.2 Å². The van der Waals surface area contributed by atoms with Gasteiger partial charge in [-0.25, -0.2) is 12.7 Å². The Hall–Kier alpha value is -2.04. The van der Waals surface area contributed by atoms with Crippen LogP contribution in [-0.4, -0.2) is 50.0 Å². The Morgan fingerprint density at radius 1 is 1.33 bits per heavy atom. The maximum Gasteiger partial charge on any atom is 0.257 e. The highest BCUT2D eigenvalue weighted by molar-refractivity contribution is 7.89. The van der Waals surface area contributed by atoms with Crippen LogP contribution in [0.5, 0.6) is 5.75 Å². The standard InChI is InChI=1S/C14H18N4O4S2/c1-5-12-16-17-14(23-12)15-13(19)9-6-7-10(22-4)11(8-9)24(20,21)18(2)3/h6-8H,5H2,1-4H3,(H,15,17,19). The summed E-state index contributed by atoms with van der Waals surface area (Å²) < 4.78 is 30.9. The number of methoxy groups -OCH3 is 1. The monoisotopic (exact) mass is 370 g/mol. The first-order valence-corrected chi connectivity index (χ1v) is 9.29. The molecule has 1 aromatic heterocycles. The van der Waals surface area contributed by atoms with Gasteiger partial charge < -0.3 is 4.74 Å². The van der Waals surface area contributed by atoms with E-state index >= 15 is 0 Å². The third-order valence-corrected chi connectivity index (χ3v) is 5.99. The Bertz CT molecular complexity index is 846. The van der Waals surface area contributed by atoms with Gasteiger partial charge in [-0.05, 0) is 24.6 Å². The van der Waals surface area contributed by atoms with Crippen LogP contribution in [0.15, 0.2) is 23.1 Å². The second kappa shape index (κ2) is 7.24. The van der Waals surface area contributed by atoms with E-state index in [-0.39, 0.29) is 16.2 Å². The molecule has 1 N–H and O–H groups in total. The first-order chi connectivity index (χ1) is 11.3. The normalized spacial score (nSPS) is 11.5. The van der Waals surface area contributed by atoms with Gasteiger partial charge in [0, 0.05) is 19.7 Å². The van der Waals surface area contributed by atoms with Crippen LogP contribution in [0, 0.1) is 0 Å². The third kappa shape index (κ3) is 3.71. The molecule has 0 unspecified atom stereocenters. The van der Waals surface area contributed by atoms with Gasteiger partial charge in [-0.1, -0.05) is 18.3 Å². The van der Waals surface area contributed by atoms with Gasteiger partial charge in [-0.3, -0.25) is 10.1 Å². The molecule has 24 heavy (non-hydrogen) atoms. The molecule has 2 aromatic rings. The molecule has 1 heterocycles. The van der Waals surface area contributed by atoms with E-state index in [2.05, 4.69) is 15.5 Å². The van der Waals surface area contributed by atoms with Crippen LogP contribution in [0.4, 0.5) is 5.13 Å². The van der Waals surface area contributed by atoms with E-state index in [0.29, 0.717) is 5.13 Å². The minimum absolute atomic E-state index is 0.0749. The third-order valence-electron chi connectivity index (χ3n) is 3.17. The number of aryl methyl sites for hydroxylation is 1. The molecule has 0 saturated carbocycles. The molecular weight excluding hydrogens is 352 g/mol. The SMILES string of the molecule is CCc1nnc(NC(=O)c2ccc(OC)c(S(=O)(=O)N(C)C)c2)s1. The van der Waals surface area contributed by atoms with Crippen LogP contribution < -0.4 is 10.1 Å². The molecule has 0 radical (unpaired) electrons. The highest BCUT2D eigenvalue weighted by atomic mass is 32.2. The molecule has 1 amide bonds. The van der Waals surface area contributed by atoms with Crippen LogP contribution in [0.25, 0.3) is 0 Å². The van der Waals surface area contributed by atoms with E-state index in [0.717, 1.165) is 15.7 Å². The summed E-state index contributed by atoms with van der Waals surface area (Å²) in [6.45, 7) is 1.94. The average molecular weight is 370 g/mol. The van der Waals surface area contributed by atoms with Crippen molar-refractivity contribution in [2.75, 3.05) is 26.5 Å². The van der Waals surface area contributed by atoms with Crippen molar-refractivity contribution in [3.63, 3.8) is 0 Å². The first-order valence-electron chi connectivity index (χ1n) is 7.04. The summed E-state index contributed by atoms with van der Waals surface area (Å²) in [7, 11) is 0.450. The topological polar surface area (TPSA) is 101 Å². The highest BCUT2D eigenvalue weighted by Gasteiger charge is 2.24. The molecule has 0 aliphatic heterocycles. The molecule has 2 rings (SSSR count). The summed E-state index contributed by atoms with van der Waals surface area (Å²) in [5.74, 6) is -0.295. The molecule has 130 valence electrons. The van der Waals surface area contributed by atoms with Gasteiger partial charge >= 0.3 is 0 Å². The van der Waals surface area contributed by atoms with Gasteiger partial charge in [0.05, 0.1) is 7.11 Å². The number of hydrogen-bond acceptors (Lipinski definition) is 7. The van der Waals surface area contributed by atoms with Crippen LogP contribution in [0.2, 0.25) is 0 Å². The van der Waals surface area contributed by atoms with Gasteiger partial charge in [-0.2, -0.15) is 0 Å². The van der Waals surface area contributed by atoms with Crippen molar-refractivity contribution < 1.29 is 17.9 Å². The lowest BCUT2D eigenvalue weighted by Gasteiger charge is -2.15. The van der Waals surface area contributed by atoms with Crippen molar-refractivity contribution in [1.29, 1.82) is 0 Å². The maximum atomic E-state index is 12.4. The lowest BCUT2D eigenvalue weighted by Crippen LogP contribution is -2.23. The maximum absolute atomic E-state index is 12.4. The molecule has 0 aliphatic rings. The number of benzene rings is 1. The summed E-state index contributed by atoms with van der Waals surface area (Å²) in [5, 5.41) is 11.6. The zero-order valence-electron chi connectivity index (χ0n) is 13.7. The molecular formula is C14H18N4O4S2. The van der Waals surface area contributed by atoms with Gasteiger partial charge in [0.1, 0.15) is 15.7 Å². The Balaban J connectivity index is 2.35. The van der Waals surface area contributed by atoms with E-state index in [1.54, 1.807) is 0 Å². The second-order valence-electron chi connectivity index (χ2n) is 4.96. The number of amides is 1. The molecule has 8 nitrogen and oxygen atoms in total. The summed E-state index contributed by atoms with van der Waals surface area (Å²) >= 11 is 1.27. The minimum atomic E-state index is -3.75. The number of anilines is 1. The molecule has 10 heteroatoms. The zero-order valence-corrected chi connectivity index (χ0v) is 15.4. The lowest BCUT2D eigenvalue weighted by atomic mass is 10.2. The van der Waals surface area contributed by atoms with E-state index in [1.807, 2.05) is 6.92 Å². The van der Waals surface area contributed by atoms with E-state index < -0.39 is 15.9 Å². The number of nitrogens with one attached hydrogen (secondary N) is 1. The molecule has 0 bridgehead atoms. The number of nitrogens with zero attached hydrogens (tertiary/aromatic N) is 3. The molecule has 1 aromatic carbocycles. The first kappa shape index (κ1) is 18.3. The lowest BCUT2D eigenvalue weighted by molar-refractivity contribution is 0.102. The van der Waals surface area contributed by atoms with Crippen LogP contribution in [0.1, 0.15) is 22.3 Å². The van der Waals surface area contributed by atoms with Gasteiger partial charge in [0.15, 0.2) is 0 Å². The number of hydrogen-bond donors (Lipinski definition) is 1. The van der Waals surface area contributed by atoms with Crippen molar-refractivity contribution in [2.24, 2.45) is 0 Å². The molecule has 0 aliphatic carbocycles. The Morgan fingerprint density at radius 3 is 2.58 bits per heavy atom. The molecule has 0 spiro atoms. The van der Waals surface area contributed by atoms with Crippen LogP contribution in [0.3, 0.4) is 0 Å². The Labute approximate surface area is 144 Å². The number of carbonyl (C=O) groups is 1. The Kier molecular flexibility index (Phi) is 5.52. The fourth-order valence-corrected chi connectivity index (χ4v) is 3.58. The van der Waals surface area contributed by atoms with Crippen LogP contribution in [-0.2, 0) is 16.4 Å². The fraction of sp³-hybridized carbons (Fsp3) is 0.357. The molecule has 0 saturated heterocycles. The quantitative estimate of drug-likeness (QED) is 0.829.